The van der Waals surface area contributed by atoms with Gasteiger partial charge in [-0.15, -0.1) is 0 Å². The summed E-state index contributed by atoms with van der Waals surface area (Å²) in [6, 6.07) is 16.1. The first kappa shape index (κ1) is 27.9. The summed E-state index contributed by atoms with van der Waals surface area (Å²) in [6.07, 6.45) is 0.685. The molecule has 0 saturated carbocycles. The molecule has 8 nitrogen and oxygen atoms in total. The number of hydrogen-bond donors (Lipinski definition) is 3. The highest BCUT2D eigenvalue weighted by molar-refractivity contribution is 6.04. The molecule has 2 amide bonds. The number of amides is 2. The van der Waals surface area contributed by atoms with E-state index in [0.717, 1.165) is 16.8 Å². The number of ether oxygens (including phenoxy) is 1. The molecule has 4 aromatic rings. The number of nitrogens with zero attached hydrogens (tertiary/aromatic N) is 2. The van der Waals surface area contributed by atoms with Gasteiger partial charge in [-0.1, -0.05) is 45.0 Å². The average Bonchev–Trinajstić information content (AvgIpc) is 3.19. The molecular weight excluding hydrogens is 521 g/mol. The number of methoxy groups -OCH3 is 1. The number of carbonyl (C=O) groups is 2. The van der Waals surface area contributed by atoms with Gasteiger partial charge in [0.2, 0.25) is 0 Å². The molecule has 0 radical (unpaired) electrons. The molecule has 1 aliphatic heterocycles. The number of fused-ring (bicyclic) bond motifs is 2. The molecule has 5 rings (SSSR count). The van der Waals surface area contributed by atoms with Crippen molar-refractivity contribution < 1.29 is 18.7 Å². The van der Waals surface area contributed by atoms with Crippen molar-refractivity contribution in [2.24, 2.45) is 5.73 Å². The van der Waals surface area contributed by atoms with Gasteiger partial charge >= 0.3 is 0 Å². The summed E-state index contributed by atoms with van der Waals surface area (Å²) in [5.74, 6) is -0.703. The molecule has 0 unspecified atom stereocenters. The van der Waals surface area contributed by atoms with E-state index in [1.807, 2.05) is 13.0 Å². The Morgan fingerprint density at radius 1 is 1.15 bits per heavy atom. The molecule has 0 spiro atoms. The quantitative estimate of drug-likeness (QED) is 0.286. The molecule has 0 atom stereocenters. The smallest absolute Gasteiger partial charge is 0.255 e. The van der Waals surface area contributed by atoms with E-state index in [1.165, 1.54) is 18.7 Å². The number of aromatic nitrogens is 2. The van der Waals surface area contributed by atoms with Crippen LogP contribution in [0.2, 0.25) is 0 Å². The second-order valence-electron chi connectivity index (χ2n) is 11.3. The molecule has 1 aromatic heterocycles. The number of hydrogen-bond acceptors (Lipinski definition) is 5. The Bertz CT molecular complexity index is 1670. The summed E-state index contributed by atoms with van der Waals surface area (Å²) >= 11 is 0. The van der Waals surface area contributed by atoms with Gasteiger partial charge in [-0.25, -0.2) is 9.07 Å². The Balaban J connectivity index is 1.45. The van der Waals surface area contributed by atoms with Gasteiger partial charge in [-0.3, -0.25) is 9.59 Å². The van der Waals surface area contributed by atoms with Crippen LogP contribution in [0.25, 0.3) is 11.3 Å². The Kier molecular flexibility index (Phi) is 7.29. The van der Waals surface area contributed by atoms with Gasteiger partial charge in [0, 0.05) is 24.3 Å². The molecule has 2 heterocycles. The van der Waals surface area contributed by atoms with Crippen LogP contribution in [0.5, 0.6) is 5.75 Å². The summed E-state index contributed by atoms with van der Waals surface area (Å²) in [4.78, 5) is 25.5. The highest BCUT2D eigenvalue weighted by Crippen LogP contribution is 2.37. The molecule has 1 aliphatic rings. The van der Waals surface area contributed by atoms with E-state index < -0.39 is 11.7 Å². The van der Waals surface area contributed by atoms with Crippen LogP contribution in [0.1, 0.15) is 63.7 Å². The Morgan fingerprint density at radius 2 is 1.90 bits per heavy atom. The lowest BCUT2D eigenvalue weighted by molar-refractivity contribution is 0.0946. The second kappa shape index (κ2) is 10.7. The highest BCUT2D eigenvalue weighted by atomic mass is 19.1. The lowest BCUT2D eigenvalue weighted by Gasteiger charge is -2.21. The number of para-hydroxylation sites is 1. The van der Waals surface area contributed by atoms with Gasteiger partial charge in [-0.05, 0) is 71.3 Å². The number of anilines is 2. The van der Waals surface area contributed by atoms with Gasteiger partial charge in [0.25, 0.3) is 11.8 Å². The van der Waals surface area contributed by atoms with Gasteiger partial charge < -0.3 is 21.1 Å². The van der Waals surface area contributed by atoms with Crippen LogP contribution in [0, 0.1) is 12.7 Å². The summed E-state index contributed by atoms with van der Waals surface area (Å²) in [6.45, 7) is 8.92. The number of halogens is 1. The minimum atomic E-state index is -0.700. The van der Waals surface area contributed by atoms with Crippen molar-refractivity contribution in [3.8, 4) is 17.0 Å². The van der Waals surface area contributed by atoms with Crippen LogP contribution >= 0.6 is 0 Å². The van der Waals surface area contributed by atoms with Crippen molar-refractivity contribution in [2.75, 3.05) is 12.4 Å². The zero-order valence-corrected chi connectivity index (χ0v) is 23.9. The van der Waals surface area contributed by atoms with Gasteiger partial charge in [-0.2, -0.15) is 5.10 Å². The van der Waals surface area contributed by atoms with Gasteiger partial charge in [0.15, 0.2) is 0 Å². The lowest BCUT2D eigenvalue weighted by atomic mass is 9.85. The first-order chi connectivity index (χ1) is 19.5. The minimum absolute atomic E-state index is 0.000759. The van der Waals surface area contributed by atoms with Crippen molar-refractivity contribution in [3.63, 3.8) is 0 Å². The van der Waals surface area contributed by atoms with Crippen LogP contribution in [-0.2, 0) is 24.9 Å². The van der Waals surface area contributed by atoms with E-state index in [2.05, 4.69) is 48.6 Å². The van der Waals surface area contributed by atoms with Crippen molar-refractivity contribution >= 4 is 23.3 Å². The van der Waals surface area contributed by atoms with E-state index in [0.29, 0.717) is 35.7 Å². The van der Waals surface area contributed by atoms with Crippen molar-refractivity contribution in [3.05, 3.63) is 93.8 Å². The van der Waals surface area contributed by atoms with Crippen molar-refractivity contribution in [1.82, 2.24) is 15.1 Å². The molecule has 4 N–H and O–H groups in total. The van der Waals surface area contributed by atoms with E-state index in [-0.39, 0.29) is 34.7 Å². The van der Waals surface area contributed by atoms with E-state index >= 15 is 4.39 Å². The number of aryl methyl sites for hydroxylation is 3. The fourth-order valence-electron chi connectivity index (χ4n) is 5.11. The predicted octanol–water partition coefficient (Wildman–Crippen LogP) is 5.63. The van der Waals surface area contributed by atoms with Gasteiger partial charge in [0.1, 0.15) is 28.6 Å². The molecule has 212 valence electrons. The van der Waals surface area contributed by atoms with E-state index in [4.69, 9.17) is 10.5 Å². The van der Waals surface area contributed by atoms with Crippen LogP contribution in [0.15, 0.2) is 54.6 Å². The number of carbonyl (C=O) groups excluding carboxylic acids is 2. The van der Waals surface area contributed by atoms with Crippen molar-refractivity contribution in [1.29, 1.82) is 0 Å². The largest absolute Gasteiger partial charge is 0.496 e. The fraction of sp³-hybridized carbons (Fsp3) is 0.281. The molecule has 9 heteroatoms. The Morgan fingerprint density at radius 3 is 2.61 bits per heavy atom. The third-order valence-electron chi connectivity index (χ3n) is 7.49. The van der Waals surface area contributed by atoms with Crippen LogP contribution in [0.3, 0.4) is 0 Å². The van der Waals surface area contributed by atoms with Crippen LogP contribution < -0.4 is 21.1 Å². The maximum atomic E-state index is 15.6. The minimum Gasteiger partial charge on any atom is -0.496 e. The predicted molar refractivity (Wildman–Crippen MR) is 157 cm³/mol. The standard InChI is InChI=1S/C32H34FN5O3/c1-18-14-23(24(33)16-20(18)17-35-31(40)22-8-6-7-9-26(22)41-5)28-27(29(34)39)30-36-25-11-10-21(32(2,3)4)15-19(25)12-13-38(30)37-28/h6-11,14-16,36H,12-13,17H2,1-5H3,(H2,34,39)(H,35,40). The second-order valence-corrected chi connectivity index (χ2v) is 11.3. The highest BCUT2D eigenvalue weighted by Gasteiger charge is 2.28. The molecule has 0 fully saturated rings. The number of rotatable bonds is 6. The van der Waals surface area contributed by atoms with Crippen molar-refractivity contribution in [2.45, 2.75) is 52.6 Å². The molecule has 3 aromatic carbocycles. The number of nitrogens with one attached hydrogen (secondary N) is 2. The molecular formula is C32H34FN5O3. The van der Waals surface area contributed by atoms with E-state index in [9.17, 15) is 9.59 Å². The molecule has 0 bridgehead atoms. The van der Waals surface area contributed by atoms with Crippen LogP contribution in [0.4, 0.5) is 15.9 Å². The zero-order chi connectivity index (χ0) is 29.5. The lowest BCUT2D eigenvalue weighted by Crippen LogP contribution is -2.23. The Hall–Kier alpha value is -4.66. The first-order valence-electron chi connectivity index (χ1n) is 13.5. The number of nitrogens with two attached hydrogens (primary N) is 1. The third-order valence-corrected chi connectivity index (χ3v) is 7.49. The summed E-state index contributed by atoms with van der Waals surface area (Å²) in [7, 11) is 1.50. The summed E-state index contributed by atoms with van der Waals surface area (Å²) in [5.41, 5.74) is 11.2. The maximum absolute atomic E-state index is 15.6. The first-order valence-corrected chi connectivity index (χ1v) is 13.5. The number of benzene rings is 3. The maximum Gasteiger partial charge on any atom is 0.255 e. The monoisotopic (exact) mass is 555 g/mol. The van der Waals surface area contributed by atoms with Gasteiger partial charge in [0.05, 0.1) is 12.7 Å². The third kappa shape index (κ3) is 5.39. The number of primary amides is 1. The average molecular weight is 556 g/mol. The summed E-state index contributed by atoms with van der Waals surface area (Å²) in [5, 5.41) is 10.8. The molecule has 0 aliphatic carbocycles. The van der Waals surface area contributed by atoms with Crippen LogP contribution in [-0.4, -0.2) is 28.7 Å². The normalized spacial score (nSPS) is 12.5. The molecule has 0 saturated heterocycles. The molecule has 41 heavy (non-hydrogen) atoms. The zero-order valence-electron chi connectivity index (χ0n) is 23.9. The fourth-order valence-corrected chi connectivity index (χ4v) is 5.11. The topological polar surface area (TPSA) is 111 Å². The Labute approximate surface area is 238 Å². The SMILES string of the molecule is COc1ccccc1C(=O)NCc1cc(F)c(-c2nn3c(c2C(N)=O)Nc2ccc(C(C)(C)C)cc2CC3)cc1C. The van der Waals surface area contributed by atoms with E-state index in [1.54, 1.807) is 35.0 Å². The summed E-state index contributed by atoms with van der Waals surface area (Å²) < 4.78 is 22.6.